The Labute approximate surface area is 107 Å². The molecule has 4 heteroatoms. The predicted octanol–water partition coefficient (Wildman–Crippen LogP) is 2.40. The fourth-order valence-electron chi connectivity index (χ4n) is 2.61. The largest absolute Gasteiger partial charge is 0.305 e. The highest BCUT2D eigenvalue weighted by molar-refractivity contribution is 5.22. The highest BCUT2D eigenvalue weighted by atomic mass is 15.2. The maximum absolute atomic E-state index is 4.18. The molecule has 0 aliphatic heterocycles. The van der Waals surface area contributed by atoms with Crippen LogP contribution in [0.25, 0.3) is 0 Å². The molecule has 1 aromatic heterocycles. The van der Waals surface area contributed by atoms with Crippen molar-refractivity contribution in [3.05, 3.63) is 48.0 Å². The molecule has 0 radical (unpaired) electrons. The maximum atomic E-state index is 4.18. The van der Waals surface area contributed by atoms with Crippen molar-refractivity contribution in [2.45, 2.75) is 37.8 Å². The molecule has 0 spiro atoms. The number of aromatic amines is 1. The molecule has 1 aliphatic carbocycles. The molecule has 0 saturated heterocycles. The van der Waals surface area contributed by atoms with E-state index in [1.54, 1.807) is 6.33 Å². The van der Waals surface area contributed by atoms with Crippen LogP contribution < -0.4 is 5.32 Å². The van der Waals surface area contributed by atoms with Gasteiger partial charge in [0.15, 0.2) is 0 Å². The van der Waals surface area contributed by atoms with E-state index in [4.69, 9.17) is 0 Å². The summed E-state index contributed by atoms with van der Waals surface area (Å²) in [5, 5.41) is 10.4. The molecule has 94 valence electrons. The van der Waals surface area contributed by atoms with Gasteiger partial charge in [0.05, 0.1) is 6.04 Å². The van der Waals surface area contributed by atoms with E-state index in [2.05, 4.69) is 57.8 Å². The molecule has 2 aromatic rings. The van der Waals surface area contributed by atoms with Gasteiger partial charge in [0.25, 0.3) is 0 Å². The highest BCUT2D eigenvalue weighted by Gasteiger charge is 2.31. The van der Waals surface area contributed by atoms with Gasteiger partial charge in [-0.3, -0.25) is 5.10 Å². The molecular weight excluding hydrogens is 224 g/mol. The second-order valence-corrected chi connectivity index (χ2v) is 5.04. The van der Waals surface area contributed by atoms with Crippen molar-refractivity contribution in [1.82, 2.24) is 20.5 Å². The molecule has 4 nitrogen and oxygen atoms in total. The molecule has 1 atom stereocenters. The quantitative estimate of drug-likeness (QED) is 0.865. The molecule has 1 unspecified atom stereocenters. The second kappa shape index (κ2) is 4.90. The molecule has 2 N–H and O–H groups in total. The number of hydrogen-bond donors (Lipinski definition) is 2. The molecule has 1 heterocycles. The van der Waals surface area contributed by atoms with E-state index >= 15 is 0 Å². The predicted molar refractivity (Wildman–Crippen MR) is 70.1 cm³/mol. The van der Waals surface area contributed by atoms with E-state index in [-0.39, 0.29) is 6.04 Å². The highest BCUT2D eigenvalue weighted by Crippen LogP contribution is 2.37. The van der Waals surface area contributed by atoms with Crippen molar-refractivity contribution in [3.63, 3.8) is 0 Å². The minimum Gasteiger partial charge on any atom is -0.305 e. The van der Waals surface area contributed by atoms with Crippen LogP contribution in [0.15, 0.2) is 36.7 Å². The number of nitrogens with zero attached hydrogens (tertiary/aromatic N) is 2. The Bertz CT molecular complexity index is 474. The van der Waals surface area contributed by atoms with Crippen LogP contribution in [0.2, 0.25) is 0 Å². The van der Waals surface area contributed by atoms with Gasteiger partial charge in [0, 0.05) is 6.04 Å². The molecule has 1 saturated carbocycles. The number of nitrogens with one attached hydrogen (secondary N) is 2. The van der Waals surface area contributed by atoms with Gasteiger partial charge in [-0.25, -0.2) is 4.98 Å². The standard InChI is InChI=1S/C14H18N4/c1-10(14-15-9-16-18-14)17-13-7-12(8-13)11-5-3-2-4-6-11/h2-6,9-10,12-13,17H,7-8H2,1H3,(H,15,16,18). The van der Waals surface area contributed by atoms with Gasteiger partial charge in [0.2, 0.25) is 0 Å². The Hall–Kier alpha value is -1.68. The molecule has 1 aromatic carbocycles. The average Bonchev–Trinajstić information content (AvgIpc) is 2.88. The zero-order valence-electron chi connectivity index (χ0n) is 10.5. The lowest BCUT2D eigenvalue weighted by atomic mass is 9.75. The van der Waals surface area contributed by atoms with E-state index in [1.807, 2.05) is 0 Å². The van der Waals surface area contributed by atoms with Gasteiger partial charge >= 0.3 is 0 Å². The molecule has 3 rings (SSSR count). The van der Waals surface area contributed by atoms with Gasteiger partial charge in [-0.05, 0) is 31.2 Å². The first-order valence-electron chi connectivity index (χ1n) is 6.49. The van der Waals surface area contributed by atoms with Crippen molar-refractivity contribution in [2.24, 2.45) is 0 Å². The van der Waals surface area contributed by atoms with Crippen LogP contribution in [0.5, 0.6) is 0 Å². The number of benzene rings is 1. The molecule has 18 heavy (non-hydrogen) atoms. The van der Waals surface area contributed by atoms with E-state index < -0.39 is 0 Å². The van der Waals surface area contributed by atoms with E-state index in [0.717, 1.165) is 5.82 Å². The second-order valence-electron chi connectivity index (χ2n) is 5.04. The fraction of sp³-hybridized carbons (Fsp3) is 0.429. The zero-order chi connectivity index (χ0) is 12.4. The topological polar surface area (TPSA) is 53.6 Å². The smallest absolute Gasteiger partial charge is 0.141 e. The molecule has 1 aliphatic rings. The van der Waals surface area contributed by atoms with Gasteiger partial charge in [-0.15, -0.1) is 0 Å². The summed E-state index contributed by atoms with van der Waals surface area (Å²) in [5.74, 6) is 1.63. The van der Waals surface area contributed by atoms with Crippen LogP contribution in [-0.2, 0) is 0 Å². The first kappa shape index (κ1) is 11.4. The summed E-state index contributed by atoms with van der Waals surface area (Å²) in [5.41, 5.74) is 1.46. The third kappa shape index (κ3) is 2.29. The lowest BCUT2D eigenvalue weighted by molar-refractivity contribution is 0.268. The van der Waals surface area contributed by atoms with Gasteiger partial charge in [-0.2, -0.15) is 5.10 Å². The summed E-state index contributed by atoms with van der Waals surface area (Å²) in [4.78, 5) is 4.18. The summed E-state index contributed by atoms with van der Waals surface area (Å²) in [7, 11) is 0. The molecule has 0 amide bonds. The minimum absolute atomic E-state index is 0.245. The summed E-state index contributed by atoms with van der Waals surface area (Å²) >= 11 is 0. The summed E-state index contributed by atoms with van der Waals surface area (Å²) in [6.07, 6.45) is 3.98. The van der Waals surface area contributed by atoms with Gasteiger partial charge in [-0.1, -0.05) is 30.3 Å². The zero-order valence-corrected chi connectivity index (χ0v) is 10.5. The maximum Gasteiger partial charge on any atom is 0.141 e. The van der Waals surface area contributed by atoms with Crippen LogP contribution in [-0.4, -0.2) is 21.2 Å². The number of H-pyrrole nitrogens is 1. The van der Waals surface area contributed by atoms with Crippen molar-refractivity contribution in [2.75, 3.05) is 0 Å². The summed E-state index contributed by atoms with van der Waals surface area (Å²) in [6.45, 7) is 2.12. The SMILES string of the molecule is CC(NC1CC(c2ccccc2)C1)c1ncn[nH]1. The Balaban J connectivity index is 1.51. The Morgan fingerprint density at radius 3 is 2.72 bits per heavy atom. The van der Waals surface area contributed by atoms with Crippen LogP contribution >= 0.6 is 0 Å². The first-order valence-corrected chi connectivity index (χ1v) is 6.49. The van der Waals surface area contributed by atoms with E-state index in [0.29, 0.717) is 12.0 Å². The monoisotopic (exact) mass is 242 g/mol. The molecular formula is C14H18N4. The fourth-order valence-corrected chi connectivity index (χ4v) is 2.61. The minimum atomic E-state index is 0.245. The number of hydrogen-bond acceptors (Lipinski definition) is 3. The Morgan fingerprint density at radius 1 is 1.28 bits per heavy atom. The third-order valence-electron chi connectivity index (χ3n) is 3.74. The Kier molecular flexibility index (Phi) is 3.11. The van der Waals surface area contributed by atoms with Crippen LogP contribution in [0, 0.1) is 0 Å². The molecule has 0 bridgehead atoms. The van der Waals surface area contributed by atoms with Crippen LogP contribution in [0.1, 0.15) is 43.1 Å². The average molecular weight is 242 g/mol. The van der Waals surface area contributed by atoms with Crippen LogP contribution in [0.3, 0.4) is 0 Å². The van der Waals surface area contributed by atoms with E-state index in [9.17, 15) is 0 Å². The van der Waals surface area contributed by atoms with Gasteiger partial charge in [0.1, 0.15) is 12.2 Å². The molecule has 1 fully saturated rings. The third-order valence-corrected chi connectivity index (χ3v) is 3.74. The van der Waals surface area contributed by atoms with E-state index in [1.165, 1.54) is 18.4 Å². The summed E-state index contributed by atoms with van der Waals surface area (Å²) < 4.78 is 0. The summed E-state index contributed by atoms with van der Waals surface area (Å²) in [6, 6.07) is 11.6. The van der Waals surface area contributed by atoms with Crippen molar-refractivity contribution >= 4 is 0 Å². The number of aromatic nitrogens is 3. The first-order chi connectivity index (χ1) is 8.83. The lowest BCUT2D eigenvalue weighted by Gasteiger charge is -2.37. The van der Waals surface area contributed by atoms with Crippen molar-refractivity contribution < 1.29 is 0 Å². The van der Waals surface area contributed by atoms with Crippen molar-refractivity contribution in [1.29, 1.82) is 0 Å². The number of rotatable bonds is 4. The van der Waals surface area contributed by atoms with Gasteiger partial charge < -0.3 is 5.32 Å². The van der Waals surface area contributed by atoms with Crippen molar-refractivity contribution in [3.8, 4) is 0 Å². The van der Waals surface area contributed by atoms with Crippen LogP contribution in [0.4, 0.5) is 0 Å². The Morgan fingerprint density at radius 2 is 2.06 bits per heavy atom. The normalized spacial score (nSPS) is 24.5. The lowest BCUT2D eigenvalue weighted by Crippen LogP contribution is -2.41.